The van der Waals surface area contributed by atoms with Crippen LogP contribution in [0, 0.1) is 6.92 Å². The van der Waals surface area contributed by atoms with Crippen LogP contribution >= 0.6 is 11.8 Å². The Labute approximate surface area is 146 Å². The normalized spacial score (nSPS) is 18.1. The molecule has 3 heterocycles. The Hall–Kier alpha value is -1.83. The molecule has 24 heavy (non-hydrogen) atoms. The van der Waals surface area contributed by atoms with Crippen LogP contribution in [-0.2, 0) is 18.4 Å². The SMILES string of the molecule is CSCC(=O)N1CCC[C@@H](c2nnc(Cn3ccnc3C)n2C)C1. The average Bonchev–Trinajstić information content (AvgIpc) is 3.15. The highest BCUT2D eigenvalue weighted by Gasteiger charge is 2.28. The molecule has 2 aromatic rings. The van der Waals surface area contributed by atoms with Gasteiger partial charge in [-0.3, -0.25) is 4.79 Å². The van der Waals surface area contributed by atoms with E-state index >= 15 is 0 Å². The Morgan fingerprint density at radius 2 is 2.25 bits per heavy atom. The fourth-order valence-electron chi connectivity index (χ4n) is 3.22. The number of amides is 1. The molecule has 0 N–H and O–H groups in total. The zero-order chi connectivity index (χ0) is 17.1. The van der Waals surface area contributed by atoms with Crippen molar-refractivity contribution in [3.05, 3.63) is 29.9 Å². The van der Waals surface area contributed by atoms with Crippen LogP contribution in [0.2, 0.25) is 0 Å². The predicted octanol–water partition coefficient (Wildman–Crippen LogP) is 1.44. The maximum Gasteiger partial charge on any atom is 0.232 e. The first-order valence-electron chi connectivity index (χ1n) is 8.22. The first kappa shape index (κ1) is 17.0. The molecule has 0 spiro atoms. The van der Waals surface area contributed by atoms with E-state index in [4.69, 9.17) is 0 Å². The molecule has 8 heteroatoms. The van der Waals surface area contributed by atoms with Crippen LogP contribution in [0.3, 0.4) is 0 Å². The molecule has 1 amide bonds. The van der Waals surface area contributed by atoms with Gasteiger partial charge in [-0.05, 0) is 26.0 Å². The first-order chi connectivity index (χ1) is 11.6. The molecule has 1 aliphatic heterocycles. The molecular formula is C16H24N6OS. The molecule has 0 radical (unpaired) electrons. The van der Waals surface area contributed by atoms with Crippen molar-refractivity contribution in [1.29, 1.82) is 0 Å². The van der Waals surface area contributed by atoms with Crippen LogP contribution in [0.25, 0.3) is 0 Å². The number of imidazole rings is 1. The Balaban J connectivity index is 1.73. The highest BCUT2D eigenvalue weighted by atomic mass is 32.2. The fraction of sp³-hybridized carbons (Fsp3) is 0.625. The van der Waals surface area contributed by atoms with Gasteiger partial charge in [-0.1, -0.05) is 0 Å². The van der Waals surface area contributed by atoms with E-state index < -0.39 is 0 Å². The lowest BCUT2D eigenvalue weighted by atomic mass is 9.97. The maximum absolute atomic E-state index is 12.2. The number of hydrogen-bond donors (Lipinski definition) is 0. The van der Waals surface area contributed by atoms with Crippen molar-refractivity contribution in [3.63, 3.8) is 0 Å². The fourth-order valence-corrected chi connectivity index (χ4v) is 3.65. The third-order valence-electron chi connectivity index (χ3n) is 4.64. The molecule has 130 valence electrons. The highest BCUT2D eigenvalue weighted by molar-refractivity contribution is 7.99. The minimum Gasteiger partial charge on any atom is -0.341 e. The van der Waals surface area contributed by atoms with E-state index in [1.54, 1.807) is 18.0 Å². The van der Waals surface area contributed by atoms with Gasteiger partial charge in [0.05, 0.1) is 12.3 Å². The summed E-state index contributed by atoms with van der Waals surface area (Å²) in [5.74, 6) is 3.90. The summed E-state index contributed by atoms with van der Waals surface area (Å²) in [5.41, 5.74) is 0. The summed E-state index contributed by atoms with van der Waals surface area (Å²) in [7, 11) is 2.01. The second kappa shape index (κ2) is 7.38. The van der Waals surface area contributed by atoms with Gasteiger partial charge in [0, 0.05) is 38.4 Å². The number of nitrogens with zero attached hydrogens (tertiary/aromatic N) is 6. The van der Waals surface area contributed by atoms with Crippen LogP contribution in [0.1, 0.15) is 36.2 Å². The van der Waals surface area contributed by atoms with Crippen molar-refractivity contribution in [1.82, 2.24) is 29.2 Å². The van der Waals surface area contributed by atoms with Crippen molar-refractivity contribution >= 4 is 17.7 Å². The number of carbonyl (C=O) groups is 1. The molecule has 0 bridgehead atoms. The molecule has 1 fully saturated rings. The highest BCUT2D eigenvalue weighted by Crippen LogP contribution is 2.26. The number of thioether (sulfide) groups is 1. The number of piperidine rings is 1. The van der Waals surface area contributed by atoms with E-state index in [-0.39, 0.29) is 11.8 Å². The van der Waals surface area contributed by atoms with Gasteiger partial charge in [-0.15, -0.1) is 10.2 Å². The van der Waals surface area contributed by atoms with Crippen molar-refractivity contribution in [2.45, 2.75) is 32.2 Å². The molecule has 1 aliphatic rings. The van der Waals surface area contributed by atoms with Crippen molar-refractivity contribution in [2.24, 2.45) is 7.05 Å². The zero-order valence-corrected chi connectivity index (χ0v) is 15.3. The van der Waals surface area contributed by atoms with Crippen molar-refractivity contribution < 1.29 is 4.79 Å². The Bertz CT molecular complexity index is 709. The number of aryl methyl sites for hydroxylation is 1. The second-order valence-corrected chi connectivity index (χ2v) is 7.11. The molecule has 3 rings (SSSR count). The molecule has 0 unspecified atom stereocenters. The van der Waals surface area contributed by atoms with Crippen LogP contribution in [0.4, 0.5) is 0 Å². The van der Waals surface area contributed by atoms with Gasteiger partial charge >= 0.3 is 0 Å². The van der Waals surface area contributed by atoms with Crippen LogP contribution < -0.4 is 0 Å². The van der Waals surface area contributed by atoms with Crippen LogP contribution in [0.5, 0.6) is 0 Å². The molecule has 2 aromatic heterocycles. The van der Waals surface area contributed by atoms with E-state index in [0.717, 1.165) is 43.4 Å². The minimum atomic E-state index is 0.226. The van der Waals surface area contributed by atoms with Crippen LogP contribution in [0.15, 0.2) is 12.4 Å². The van der Waals surface area contributed by atoms with Gasteiger partial charge in [-0.2, -0.15) is 11.8 Å². The lowest BCUT2D eigenvalue weighted by Gasteiger charge is -2.32. The lowest BCUT2D eigenvalue weighted by molar-refractivity contribution is -0.129. The summed E-state index contributed by atoms with van der Waals surface area (Å²) < 4.78 is 4.13. The van der Waals surface area contributed by atoms with E-state index in [9.17, 15) is 4.79 Å². The molecule has 1 atom stereocenters. The summed E-state index contributed by atoms with van der Waals surface area (Å²) in [4.78, 5) is 18.4. The summed E-state index contributed by atoms with van der Waals surface area (Å²) in [6, 6.07) is 0. The van der Waals surface area contributed by atoms with E-state index in [0.29, 0.717) is 12.3 Å². The Morgan fingerprint density at radius 1 is 1.42 bits per heavy atom. The van der Waals surface area contributed by atoms with Gasteiger partial charge in [0.15, 0.2) is 5.82 Å². The number of rotatable bonds is 5. The first-order valence-corrected chi connectivity index (χ1v) is 9.62. The summed E-state index contributed by atoms with van der Waals surface area (Å²) in [6.45, 7) is 4.25. The van der Waals surface area contributed by atoms with Crippen molar-refractivity contribution in [2.75, 3.05) is 25.1 Å². The molecular weight excluding hydrogens is 324 g/mol. The largest absolute Gasteiger partial charge is 0.341 e. The molecule has 0 aromatic carbocycles. The zero-order valence-electron chi connectivity index (χ0n) is 14.5. The quantitative estimate of drug-likeness (QED) is 0.818. The minimum absolute atomic E-state index is 0.226. The molecule has 7 nitrogen and oxygen atoms in total. The number of aromatic nitrogens is 5. The standard InChI is InChI=1S/C16H24N6OS/c1-12-17-6-8-21(12)10-14-18-19-16(20(14)2)13-5-4-7-22(9-13)15(23)11-24-3/h6,8,13H,4-5,7,9-11H2,1-3H3/t13-/m1/s1. The van der Waals surface area contributed by atoms with Gasteiger partial charge in [-0.25, -0.2) is 4.98 Å². The number of likely N-dealkylation sites (tertiary alicyclic amines) is 1. The summed E-state index contributed by atoms with van der Waals surface area (Å²) >= 11 is 1.58. The average molecular weight is 348 g/mol. The third kappa shape index (κ3) is 3.48. The monoisotopic (exact) mass is 348 g/mol. The Kier molecular flexibility index (Phi) is 5.23. The van der Waals surface area contributed by atoms with Crippen LogP contribution in [-0.4, -0.2) is 60.2 Å². The van der Waals surface area contributed by atoms with Crippen molar-refractivity contribution in [3.8, 4) is 0 Å². The van der Waals surface area contributed by atoms with E-state index in [2.05, 4.69) is 24.3 Å². The topological polar surface area (TPSA) is 68.8 Å². The van der Waals surface area contributed by atoms with E-state index in [1.165, 1.54) is 0 Å². The molecule has 0 saturated carbocycles. The second-order valence-electron chi connectivity index (χ2n) is 6.25. The smallest absolute Gasteiger partial charge is 0.232 e. The number of hydrogen-bond acceptors (Lipinski definition) is 5. The Morgan fingerprint density at radius 3 is 2.96 bits per heavy atom. The van der Waals surface area contributed by atoms with Gasteiger partial charge in [0.1, 0.15) is 11.6 Å². The van der Waals surface area contributed by atoms with Gasteiger partial charge in [0.25, 0.3) is 0 Å². The van der Waals surface area contributed by atoms with Gasteiger partial charge < -0.3 is 14.0 Å². The predicted molar refractivity (Wildman–Crippen MR) is 94.0 cm³/mol. The maximum atomic E-state index is 12.2. The summed E-state index contributed by atoms with van der Waals surface area (Å²) in [6.07, 6.45) is 7.79. The molecule has 1 saturated heterocycles. The third-order valence-corrected chi connectivity index (χ3v) is 5.18. The lowest BCUT2D eigenvalue weighted by Crippen LogP contribution is -2.40. The summed E-state index contributed by atoms with van der Waals surface area (Å²) in [5, 5.41) is 8.80. The van der Waals surface area contributed by atoms with Gasteiger partial charge in [0.2, 0.25) is 5.91 Å². The number of carbonyl (C=O) groups excluding carboxylic acids is 1. The van der Waals surface area contributed by atoms with E-state index in [1.807, 2.05) is 31.3 Å². The molecule has 0 aliphatic carbocycles.